The highest BCUT2D eigenvalue weighted by atomic mass is 32.2. The predicted molar refractivity (Wildman–Crippen MR) is 102 cm³/mol. The molecule has 2 aromatic rings. The molecule has 1 saturated heterocycles. The van der Waals surface area contributed by atoms with Gasteiger partial charge in [0.25, 0.3) is 15.9 Å². The summed E-state index contributed by atoms with van der Waals surface area (Å²) in [6.45, 7) is 3.62. The number of nitrogens with zero attached hydrogens (tertiary/aromatic N) is 2. The fourth-order valence-electron chi connectivity index (χ4n) is 2.90. The first-order chi connectivity index (χ1) is 12.9. The van der Waals surface area contributed by atoms with Crippen LogP contribution < -0.4 is 4.72 Å². The minimum absolute atomic E-state index is 0.0307. The molecule has 142 valence electrons. The number of hydrogen-bond acceptors (Lipinski definition) is 4. The van der Waals surface area contributed by atoms with Crippen LogP contribution in [0.5, 0.6) is 0 Å². The SMILES string of the molecule is Cc1ccccc1NS(=O)(=O)c1cccc(C(=O)N2CCN(C=O)CC2)c1. The minimum Gasteiger partial charge on any atom is -0.342 e. The average Bonchev–Trinajstić information content (AvgIpc) is 2.69. The van der Waals surface area contributed by atoms with E-state index in [-0.39, 0.29) is 10.8 Å². The number of sulfonamides is 1. The smallest absolute Gasteiger partial charge is 0.261 e. The third-order valence-electron chi connectivity index (χ3n) is 4.53. The normalized spacial score (nSPS) is 14.7. The van der Waals surface area contributed by atoms with E-state index in [0.717, 1.165) is 12.0 Å². The van der Waals surface area contributed by atoms with E-state index in [1.165, 1.54) is 12.1 Å². The molecule has 27 heavy (non-hydrogen) atoms. The summed E-state index contributed by atoms with van der Waals surface area (Å²) in [5, 5.41) is 0. The van der Waals surface area contributed by atoms with E-state index in [2.05, 4.69) is 4.72 Å². The molecule has 1 heterocycles. The lowest BCUT2D eigenvalue weighted by Crippen LogP contribution is -2.48. The topological polar surface area (TPSA) is 86.8 Å². The van der Waals surface area contributed by atoms with E-state index in [9.17, 15) is 18.0 Å². The van der Waals surface area contributed by atoms with Gasteiger partial charge in [0.1, 0.15) is 0 Å². The second kappa shape index (κ2) is 7.79. The van der Waals surface area contributed by atoms with Crippen molar-refractivity contribution in [3.8, 4) is 0 Å². The summed E-state index contributed by atoms with van der Waals surface area (Å²) >= 11 is 0. The molecule has 0 bridgehead atoms. The molecule has 2 aromatic carbocycles. The van der Waals surface area contributed by atoms with E-state index in [0.29, 0.717) is 37.4 Å². The minimum atomic E-state index is -3.81. The third-order valence-corrected chi connectivity index (χ3v) is 5.89. The van der Waals surface area contributed by atoms with Gasteiger partial charge in [-0.3, -0.25) is 14.3 Å². The van der Waals surface area contributed by atoms with Crippen molar-refractivity contribution in [3.05, 3.63) is 59.7 Å². The van der Waals surface area contributed by atoms with Gasteiger partial charge in [0.15, 0.2) is 0 Å². The molecule has 0 aliphatic carbocycles. The summed E-state index contributed by atoms with van der Waals surface area (Å²) in [5.74, 6) is -0.242. The van der Waals surface area contributed by atoms with Gasteiger partial charge in [-0.15, -0.1) is 0 Å². The van der Waals surface area contributed by atoms with E-state index < -0.39 is 10.0 Å². The van der Waals surface area contributed by atoms with Gasteiger partial charge in [-0.25, -0.2) is 8.42 Å². The van der Waals surface area contributed by atoms with Crippen molar-refractivity contribution in [2.75, 3.05) is 30.9 Å². The van der Waals surface area contributed by atoms with Crippen molar-refractivity contribution < 1.29 is 18.0 Å². The Morgan fingerprint density at radius 3 is 2.41 bits per heavy atom. The first kappa shape index (κ1) is 18.9. The lowest BCUT2D eigenvalue weighted by Gasteiger charge is -2.32. The number of para-hydroxylation sites is 1. The third kappa shape index (κ3) is 4.28. The van der Waals surface area contributed by atoms with Gasteiger partial charge in [-0.05, 0) is 36.8 Å². The number of piperazine rings is 1. The van der Waals surface area contributed by atoms with Crippen LogP contribution in [0.3, 0.4) is 0 Å². The molecule has 1 N–H and O–H groups in total. The van der Waals surface area contributed by atoms with Crippen molar-refractivity contribution in [2.24, 2.45) is 0 Å². The van der Waals surface area contributed by atoms with Gasteiger partial charge in [0.05, 0.1) is 10.6 Å². The molecule has 0 aromatic heterocycles. The zero-order chi connectivity index (χ0) is 19.4. The lowest BCUT2D eigenvalue weighted by atomic mass is 10.2. The van der Waals surface area contributed by atoms with Gasteiger partial charge in [0.2, 0.25) is 6.41 Å². The van der Waals surface area contributed by atoms with Crippen LogP contribution in [-0.4, -0.2) is 56.7 Å². The van der Waals surface area contributed by atoms with Gasteiger partial charge in [-0.2, -0.15) is 0 Å². The molecule has 3 rings (SSSR count). The molecule has 7 nitrogen and oxygen atoms in total. The van der Waals surface area contributed by atoms with Crippen LogP contribution in [0.15, 0.2) is 53.4 Å². The fourth-order valence-corrected chi connectivity index (χ4v) is 4.08. The second-order valence-electron chi connectivity index (χ2n) is 6.38. The summed E-state index contributed by atoms with van der Waals surface area (Å²) in [4.78, 5) is 26.7. The first-order valence-electron chi connectivity index (χ1n) is 8.58. The van der Waals surface area contributed by atoms with E-state index >= 15 is 0 Å². The van der Waals surface area contributed by atoms with Crippen molar-refractivity contribution in [3.63, 3.8) is 0 Å². The zero-order valence-electron chi connectivity index (χ0n) is 15.0. The summed E-state index contributed by atoms with van der Waals surface area (Å²) < 4.78 is 28.0. The van der Waals surface area contributed by atoms with Crippen LogP contribution in [0.25, 0.3) is 0 Å². The summed E-state index contributed by atoms with van der Waals surface area (Å²) in [6.07, 6.45) is 0.770. The predicted octanol–water partition coefficient (Wildman–Crippen LogP) is 1.71. The van der Waals surface area contributed by atoms with E-state index in [4.69, 9.17) is 0 Å². The monoisotopic (exact) mass is 387 g/mol. The molecule has 1 aliphatic rings. The quantitative estimate of drug-likeness (QED) is 0.792. The second-order valence-corrected chi connectivity index (χ2v) is 8.06. The highest BCUT2D eigenvalue weighted by Crippen LogP contribution is 2.20. The number of carbonyl (C=O) groups is 2. The Balaban J connectivity index is 1.79. The largest absolute Gasteiger partial charge is 0.342 e. The number of anilines is 1. The summed E-state index contributed by atoms with van der Waals surface area (Å²) in [5.41, 5.74) is 1.61. The van der Waals surface area contributed by atoms with Gasteiger partial charge < -0.3 is 9.80 Å². The van der Waals surface area contributed by atoms with Crippen molar-refractivity contribution in [1.29, 1.82) is 0 Å². The van der Waals surface area contributed by atoms with Crippen LogP contribution in [0.1, 0.15) is 15.9 Å². The van der Waals surface area contributed by atoms with Crippen molar-refractivity contribution >= 4 is 28.0 Å². The summed E-state index contributed by atoms with van der Waals surface area (Å²) in [7, 11) is -3.81. The van der Waals surface area contributed by atoms with Crippen LogP contribution >= 0.6 is 0 Å². The molecule has 2 amide bonds. The number of hydrogen-bond donors (Lipinski definition) is 1. The van der Waals surface area contributed by atoms with E-state index in [1.54, 1.807) is 34.1 Å². The maximum absolute atomic E-state index is 12.7. The Bertz CT molecular complexity index is 951. The lowest BCUT2D eigenvalue weighted by molar-refractivity contribution is -0.119. The summed E-state index contributed by atoms with van der Waals surface area (Å²) in [6, 6.07) is 13.1. The maximum Gasteiger partial charge on any atom is 0.261 e. The molecular weight excluding hydrogens is 366 g/mol. The fraction of sp³-hybridized carbons (Fsp3) is 0.263. The Labute approximate surface area is 158 Å². The number of carbonyl (C=O) groups excluding carboxylic acids is 2. The Hall–Kier alpha value is -2.87. The molecule has 8 heteroatoms. The Morgan fingerprint density at radius 1 is 1.04 bits per heavy atom. The van der Waals surface area contributed by atoms with Gasteiger partial charge >= 0.3 is 0 Å². The molecule has 0 unspecified atom stereocenters. The molecule has 0 spiro atoms. The molecule has 1 aliphatic heterocycles. The highest BCUT2D eigenvalue weighted by molar-refractivity contribution is 7.92. The number of rotatable bonds is 5. The molecular formula is C19H21N3O4S. The van der Waals surface area contributed by atoms with Gasteiger partial charge in [0, 0.05) is 31.7 Å². The van der Waals surface area contributed by atoms with E-state index in [1.807, 2.05) is 19.1 Å². The Morgan fingerprint density at radius 2 is 1.74 bits per heavy atom. The van der Waals surface area contributed by atoms with Crippen LogP contribution in [-0.2, 0) is 14.8 Å². The van der Waals surface area contributed by atoms with Gasteiger partial charge in [-0.1, -0.05) is 24.3 Å². The van der Waals surface area contributed by atoms with Crippen LogP contribution in [0.2, 0.25) is 0 Å². The average molecular weight is 387 g/mol. The van der Waals surface area contributed by atoms with Crippen LogP contribution in [0.4, 0.5) is 5.69 Å². The highest BCUT2D eigenvalue weighted by Gasteiger charge is 2.23. The first-order valence-corrected chi connectivity index (χ1v) is 10.1. The van der Waals surface area contributed by atoms with Crippen molar-refractivity contribution in [2.45, 2.75) is 11.8 Å². The number of benzene rings is 2. The number of amides is 2. The van der Waals surface area contributed by atoms with Crippen molar-refractivity contribution in [1.82, 2.24) is 9.80 Å². The zero-order valence-corrected chi connectivity index (χ0v) is 15.8. The Kier molecular flexibility index (Phi) is 5.46. The standard InChI is InChI=1S/C19H21N3O4S/c1-15-5-2-3-8-18(15)20-27(25,26)17-7-4-6-16(13-17)19(24)22-11-9-21(14-23)10-12-22/h2-8,13-14,20H,9-12H2,1H3. The molecule has 1 fully saturated rings. The molecule has 0 atom stereocenters. The molecule has 0 radical (unpaired) electrons. The molecule has 0 saturated carbocycles. The number of aryl methyl sites for hydroxylation is 1. The number of nitrogens with one attached hydrogen (secondary N) is 1. The maximum atomic E-state index is 12.7. The van der Waals surface area contributed by atoms with Crippen LogP contribution in [0, 0.1) is 6.92 Å².